The molecule has 0 aliphatic heterocycles. The van der Waals surface area contributed by atoms with E-state index >= 15 is 0 Å². The topological polar surface area (TPSA) is 95.1 Å². The first-order valence-electron chi connectivity index (χ1n) is 10.1. The lowest BCUT2D eigenvalue weighted by Crippen LogP contribution is -2.25. The molecular formula is C23H19FN6O. The third kappa shape index (κ3) is 3.55. The zero-order chi connectivity index (χ0) is 21.4. The van der Waals surface area contributed by atoms with Crippen LogP contribution in [-0.4, -0.2) is 39.5 Å². The van der Waals surface area contributed by atoms with Crippen LogP contribution < -0.4 is 10.6 Å². The lowest BCUT2D eigenvalue weighted by atomic mass is 10.1. The van der Waals surface area contributed by atoms with Gasteiger partial charge in [0.2, 0.25) is 0 Å². The van der Waals surface area contributed by atoms with E-state index in [1.54, 1.807) is 30.5 Å². The standard InChI is InChI=1S/C23H19FN6O/c24-9-10-26-21-22-27-13-20(30(22)19-8-1-14(12-25)11-18(19)29-21)15-2-4-16(5-3-15)23(31)28-17-6-7-17/h1-5,8,11,13,17H,6-7,9-10H2,(H,26,29)(H,28,31). The summed E-state index contributed by atoms with van der Waals surface area (Å²) in [6, 6.07) is 15.0. The van der Waals surface area contributed by atoms with Crippen molar-refractivity contribution < 1.29 is 9.18 Å². The number of benzene rings is 2. The Morgan fingerprint density at radius 1 is 1.23 bits per heavy atom. The van der Waals surface area contributed by atoms with Crippen LogP contribution in [0, 0.1) is 11.3 Å². The Morgan fingerprint density at radius 2 is 2.03 bits per heavy atom. The maximum atomic E-state index is 12.8. The minimum atomic E-state index is -0.540. The Kier molecular flexibility index (Phi) is 4.71. The highest BCUT2D eigenvalue weighted by atomic mass is 19.1. The molecule has 1 saturated carbocycles. The summed E-state index contributed by atoms with van der Waals surface area (Å²) in [6.07, 6.45) is 3.81. The van der Waals surface area contributed by atoms with Crippen LogP contribution in [0.4, 0.5) is 10.2 Å². The minimum absolute atomic E-state index is 0.0661. The van der Waals surface area contributed by atoms with Crippen molar-refractivity contribution in [1.29, 1.82) is 5.26 Å². The first-order chi connectivity index (χ1) is 15.2. The molecule has 0 saturated heterocycles. The smallest absolute Gasteiger partial charge is 0.251 e. The number of nitrogens with one attached hydrogen (secondary N) is 2. The molecule has 2 aromatic heterocycles. The second kappa shape index (κ2) is 7.69. The van der Waals surface area contributed by atoms with Crippen LogP contribution in [0.1, 0.15) is 28.8 Å². The van der Waals surface area contributed by atoms with Gasteiger partial charge < -0.3 is 10.6 Å². The lowest BCUT2D eigenvalue weighted by Gasteiger charge is -2.11. The van der Waals surface area contributed by atoms with Crippen LogP contribution in [0.3, 0.4) is 0 Å². The van der Waals surface area contributed by atoms with Crippen LogP contribution >= 0.6 is 0 Å². The van der Waals surface area contributed by atoms with Crippen molar-refractivity contribution in [3.05, 3.63) is 59.8 Å². The largest absolute Gasteiger partial charge is 0.364 e. The van der Waals surface area contributed by atoms with E-state index in [4.69, 9.17) is 0 Å². The second-order valence-corrected chi connectivity index (χ2v) is 7.52. The number of rotatable bonds is 6. The summed E-state index contributed by atoms with van der Waals surface area (Å²) in [6.45, 7) is -0.429. The molecule has 0 bridgehead atoms. The van der Waals surface area contributed by atoms with E-state index in [-0.39, 0.29) is 12.5 Å². The molecule has 2 heterocycles. The normalized spacial score (nSPS) is 13.3. The van der Waals surface area contributed by atoms with E-state index in [2.05, 4.69) is 26.7 Å². The highest BCUT2D eigenvalue weighted by Crippen LogP contribution is 2.29. The number of carbonyl (C=O) groups is 1. The number of anilines is 1. The number of imidazole rings is 1. The molecule has 2 aromatic carbocycles. The maximum absolute atomic E-state index is 12.8. The maximum Gasteiger partial charge on any atom is 0.251 e. The van der Waals surface area contributed by atoms with Gasteiger partial charge >= 0.3 is 0 Å². The van der Waals surface area contributed by atoms with Gasteiger partial charge in [-0.1, -0.05) is 12.1 Å². The van der Waals surface area contributed by atoms with Gasteiger partial charge in [0.05, 0.1) is 34.6 Å². The van der Waals surface area contributed by atoms with Crippen molar-refractivity contribution in [2.75, 3.05) is 18.5 Å². The number of alkyl halides is 1. The van der Waals surface area contributed by atoms with Gasteiger partial charge in [0.25, 0.3) is 5.91 Å². The van der Waals surface area contributed by atoms with Gasteiger partial charge in [0, 0.05) is 23.7 Å². The van der Waals surface area contributed by atoms with Gasteiger partial charge in [-0.3, -0.25) is 9.20 Å². The summed E-state index contributed by atoms with van der Waals surface area (Å²) >= 11 is 0. The highest BCUT2D eigenvalue weighted by Gasteiger charge is 2.24. The molecule has 4 aromatic rings. The van der Waals surface area contributed by atoms with E-state index in [0.29, 0.717) is 34.2 Å². The lowest BCUT2D eigenvalue weighted by molar-refractivity contribution is 0.0951. The molecule has 7 nitrogen and oxygen atoms in total. The Bertz CT molecular complexity index is 1330. The monoisotopic (exact) mass is 414 g/mol. The van der Waals surface area contributed by atoms with Gasteiger partial charge in [-0.05, 0) is 43.2 Å². The predicted octanol–water partition coefficient (Wildman–Crippen LogP) is 3.69. The first kappa shape index (κ1) is 19.0. The SMILES string of the molecule is N#Cc1ccc2c(c1)nc(NCCF)c1ncc(-c3ccc(C(=O)NC4CC4)cc3)n12. The number of nitriles is 1. The minimum Gasteiger partial charge on any atom is -0.364 e. The number of fused-ring (bicyclic) bond motifs is 3. The van der Waals surface area contributed by atoms with Gasteiger partial charge in [0.1, 0.15) is 6.67 Å². The van der Waals surface area contributed by atoms with Crippen LogP contribution in [0.2, 0.25) is 0 Å². The molecule has 0 atom stereocenters. The van der Waals surface area contributed by atoms with Crippen molar-refractivity contribution in [3.8, 4) is 17.3 Å². The molecule has 5 rings (SSSR count). The average molecular weight is 414 g/mol. The molecule has 1 aliphatic carbocycles. The Balaban J connectivity index is 1.62. The first-order valence-corrected chi connectivity index (χ1v) is 10.1. The number of amides is 1. The third-order valence-corrected chi connectivity index (χ3v) is 5.29. The van der Waals surface area contributed by atoms with E-state index in [1.165, 1.54) is 0 Å². The van der Waals surface area contributed by atoms with E-state index < -0.39 is 6.67 Å². The molecular weight excluding hydrogens is 395 g/mol. The van der Waals surface area contributed by atoms with Gasteiger partial charge in [0.15, 0.2) is 11.5 Å². The van der Waals surface area contributed by atoms with Crippen molar-refractivity contribution in [3.63, 3.8) is 0 Å². The van der Waals surface area contributed by atoms with Crippen LogP contribution in [-0.2, 0) is 0 Å². The van der Waals surface area contributed by atoms with Gasteiger partial charge in [-0.15, -0.1) is 0 Å². The van der Waals surface area contributed by atoms with E-state index in [0.717, 1.165) is 29.6 Å². The molecule has 2 N–H and O–H groups in total. The third-order valence-electron chi connectivity index (χ3n) is 5.29. The number of hydrogen-bond acceptors (Lipinski definition) is 5. The molecule has 1 aliphatic rings. The molecule has 0 spiro atoms. The number of carbonyl (C=O) groups excluding carboxylic acids is 1. The fourth-order valence-corrected chi connectivity index (χ4v) is 3.58. The number of halogens is 1. The summed E-state index contributed by atoms with van der Waals surface area (Å²) in [5, 5.41) is 15.2. The fourth-order valence-electron chi connectivity index (χ4n) is 3.58. The molecule has 1 fully saturated rings. The van der Waals surface area contributed by atoms with Crippen LogP contribution in [0.15, 0.2) is 48.7 Å². The molecule has 1 amide bonds. The summed E-state index contributed by atoms with van der Waals surface area (Å²) in [7, 11) is 0. The van der Waals surface area contributed by atoms with Crippen molar-refractivity contribution in [2.24, 2.45) is 0 Å². The second-order valence-electron chi connectivity index (χ2n) is 7.52. The zero-order valence-electron chi connectivity index (χ0n) is 16.6. The number of aromatic nitrogens is 3. The van der Waals surface area contributed by atoms with Crippen LogP contribution in [0.25, 0.3) is 27.9 Å². The molecule has 0 radical (unpaired) electrons. The summed E-state index contributed by atoms with van der Waals surface area (Å²) in [5.41, 5.74) is 4.74. The Hall–Kier alpha value is -3.99. The summed E-state index contributed by atoms with van der Waals surface area (Å²) in [5.74, 6) is 0.385. The predicted molar refractivity (Wildman–Crippen MR) is 116 cm³/mol. The Morgan fingerprint density at radius 3 is 2.74 bits per heavy atom. The number of hydrogen-bond donors (Lipinski definition) is 2. The molecule has 31 heavy (non-hydrogen) atoms. The quantitative estimate of drug-likeness (QED) is 0.502. The summed E-state index contributed by atoms with van der Waals surface area (Å²) < 4.78 is 14.7. The highest BCUT2D eigenvalue weighted by molar-refractivity contribution is 5.95. The van der Waals surface area contributed by atoms with Crippen molar-refractivity contribution >= 4 is 28.4 Å². The van der Waals surface area contributed by atoms with Gasteiger partial charge in [-0.25, -0.2) is 14.4 Å². The molecule has 0 unspecified atom stereocenters. The summed E-state index contributed by atoms with van der Waals surface area (Å²) in [4.78, 5) is 21.4. The molecule has 8 heteroatoms. The van der Waals surface area contributed by atoms with Crippen molar-refractivity contribution in [1.82, 2.24) is 19.7 Å². The van der Waals surface area contributed by atoms with Gasteiger partial charge in [-0.2, -0.15) is 5.26 Å². The van der Waals surface area contributed by atoms with E-state index in [9.17, 15) is 14.4 Å². The zero-order valence-corrected chi connectivity index (χ0v) is 16.6. The van der Waals surface area contributed by atoms with Crippen molar-refractivity contribution in [2.45, 2.75) is 18.9 Å². The van der Waals surface area contributed by atoms with Crippen LogP contribution in [0.5, 0.6) is 0 Å². The fraction of sp³-hybridized carbons (Fsp3) is 0.217. The Labute approximate surface area is 177 Å². The average Bonchev–Trinajstić information content (AvgIpc) is 3.51. The molecule has 154 valence electrons. The van der Waals surface area contributed by atoms with E-state index in [1.807, 2.05) is 22.6 Å². The number of nitrogens with zero attached hydrogens (tertiary/aromatic N) is 4.